The smallest absolute Gasteiger partial charge is 0.0656 e. The zero-order valence-corrected chi connectivity index (χ0v) is 23.9. The Morgan fingerprint density at radius 3 is 1.84 bits per heavy atom. The van der Waals surface area contributed by atoms with Gasteiger partial charge in [0.2, 0.25) is 0 Å². The van der Waals surface area contributed by atoms with Crippen molar-refractivity contribution < 1.29 is 0 Å². The Labute approximate surface area is 210 Å². The molecule has 0 N–H and O–H groups in total. The van der Waals surface area contributed by atoms with Crippen LogP contribution in [0.3, 0.4) is 0 Å². The lowest BCUT2D eigenvalue weighted by Crippen LogP contribution is -2.40. The highest BCUT2D eigenvalue weighted by atomic mass is 79.9. The van der Waals surface area contributed by atoms with Crippen molar-refractivity contribution in [2.45, 2.75) is 52.2 Å². The van der Waals surface area contributed by atoms with E-state index >= 15 is 0 Å². The monoisotopic (exact) mass is 564 g/mol. The minimum Gasteiger partial charge on any atom is -0.0656 e. The summed E-state index contributed by atoms with van der Waals surface area (Å²) in [6.45, 7) is 14.7. The number of hydrogen-bond donors (Lipinski definition) is 0. The molecule has 3 heteroatoms. The molecule has 1 atom stereocenters. The lowest BCUT2D eigenvalue weighted by Gasteiger charge is -2.40. The maximum Gasteiger partial charge on any atom is 0.0783 e. The Kier molecular flexibility index (Phi) is 5.28. The van der Waals surface area contributed by atoms with Crippen LogP contribution in [0.5, 0.6) is 0 Å². The molecule has 0 bridgehead atoms. The van der Waals surface area contributed by atoms with E-state index in [-0.39, 0.29) is 5.41 Å². The Morgan fingerprint density at radius 1 is 0.750 bits per heavy atom. The van der Waals surface area contributed by atoms with Crippen LogP contribution in [0.2, 0.25) is 19.6 Å². The van der Waals surface area contributed by atoms with Gasteiger partial charge in [0.25, 0.3) is 0 Å². The zero-order chi connectivity index (χ0) is 23.0. The number of allylic oxidation sites excluding steroid dienone is 1. The molecule has 3 aromatic carbocycles. The number of hydrogen-bond acceptors (Lipinski definition) is 0. The third kappa shape index (κ3) is 3.35. The number of rotatable bonds is 3. The van der Waals surface area contributed by atoms with Gasteiger partial charge in [-0.1, -0.05) is 113 Å². The molecule has 0 fully saturated rings. The van der Waals surface area contributed by atoms with Crippen LogP contribution in [0, 0.1) is 5.41 Å². The molecule has 0 spiro atoms. The van der Waals surface area contributed by atoms with Gasteiger partial charge < -0.3 is 0 Å². The van der Waals surface area contributed by atoms with Crippen molar-refractivity contribution in [1.29, 1.82) is 0 Å². The van der Waals surface area contributed by atoms with Crippen LogP contribution in [0.25, 0.3) is 17.2 Å². The van der Waals surface area contributed by atoms with Gasteiger partial charge in [-0.15, -0.1) is 0 Å². The number of benzene rings is 3. The van der Waals surface area contributed by atoms with Gasteiger partial charge in [-0.05, 0) is 70.0 Å². The summed E-state index contributed by atoms with van der Waals surface area (Å²) in [6.07, 6.45) is 2.49. The molecule has 0 aromatic heterocycles. The minimum atomic E-state index is -1.43. The quantitative estimate of drug-likeness (QED) is 0.278. The van der Waals surface area contributed by atoms with Gasteiger partial charge in [-0.2, -0.15) is 0 Å². The fraction of sp³-hybridized carbons (Fsp3) is 0.310. The lowest BCUT2D eigenvalue weighted by molar-refractivity contribution is 0.278. The van der Waals surface area contributed by atoms with E-state index in [0.29, 0.717) is 11.8 Å². The summed E-state index contributed by atoms with van der Waals surface area (Å²) < 4.78 is 2.31. The molecular formula is C29H30Br2Si. The topological polar surface area (TPSA) is 0 Å². The fourth-order valence-electron chi connectivity index (χ4n) is 6.36. The van der Waals surface area contributed by atoms with E-state index in [1.807, 2.05) is 0 Å². The molecular weight excluding hydrogens is 536 g/mol. The van der Waals surface area contributed by atoms with E-state index in [4.69, 9.17) is 0 Å². The highest BCUT2D eigenvalue weighted by Crippen LogP contribution is 2.60. The molecule has 164 valence electrons. The van der Waals surface area contributed by atoms with E-state index in [1.54, 1.807) is 5.19 Å². The Morgan fingerprint density at radius 2 is 1.31 bits per heavy atom. The summed E-state index contributed by atoms with van der Waals surface area (Å²) in [5.74, 6) is 0.730. The van der Waals surface area contributed by atoms with Crippen molar-refractivity contribution in [3.63, 3.8) is 0 Å². The van der Waals surface area contributed by atoms with Gasteiger partial charge in [0.05, 0.1) is 8.07 Å². The molecule has 0 aliphatic heterocycles. The highest BCUT2D eigenvalue weighted by Gasteiger charge is 2.47. The number of halogens is 2. The average molecular weight is 566 g/mol. The molecule has 0 heterocycles. The summed E-state index contributed by atoms with van der Waals surface area (Å²) in [7, 11) is -1.43. The standard InChI is InChI=1S/C29H30Br2Si/c1-17-14-23-22(8-7-9-26(23)32(4,5)6)27(17)29(2,3)28-24-15-18(30)10-12-20(24)21-13-11-19(31)16-25(21)28/h7-16,27-28H,1-6H3. The molecule has 0 nitrogen and oxygen atoms in total. The summed E-state index contributed by atoms with van der Waals surface area (Å²) >= 11 is 7.51. The third-order valence-corrected chi connectivity index (χ3v) is 10.6. The van der Waals surface area contributed by atoms with Crippen LogP contribution in [0.1, 0.15) is 54.9 Å². The molecule has 1 unspecified atom stereocenters. The molecule has 3 aromatic rings. The first-order valence-electron chi connectivity index (χ1n) is 11.4. The normalized spacial score (nSPS) is 17.8. The maximum absolute atomic E-state index is 3.75. The Bertz CT molecular complexity index is 1230. The summed E-state index contributed by atoms with van der Waals surface area (Å²) in [6, 6.07) is 20.7. The Balaban J connectivity index is 1.72. The molecule has 5 rings (SSSR count). The van der Waals surface area contributed by atoms with Crippen molar-refractivity contribution in [1.82, 2.24) is 0 Å². The van der Waals surface area contributed by atoms with Crippen molar-refractivity contribution in [3.8, 4) is 11.1 Å². The van der Waals surface area contributed by atoms with Crippen LogP contribution in [-0.2, 0) is 0 Å². The van der Waals surface area contributed by atoms with Gasteiger partial charge in [0.1, 0.15) is 0 Å². The van der Waals surface area contributed by atoms with Crippen molar-refractivity contribution in [2.24, 2.45) is 5.41 Å². The van der Waals surface area contributed by atoms with Gasteiger partial charge in [-0.3, -0.25) is 0 Å². The minimum absolute atomic E-state index is 0.0193. The highest BCUT2D eigenvalue weighted by molar-refractivity contribution is 9.10. The molecule has 0 radical (unpaired) electrons. The molecule has 0 saturated carbocycles. The predicted molar refractivity (Wildman–Crippen MR) is 149 cm³/mol. The summed E-state index contributed by atoms with van der Waals surface area (Å²) in [5, 5.41) is 1.59. The van der Waals surface area contributed by atoms with Crippen molar-refractivity contribution in [2.75, 3.05) is 0 Å². The van der Waals surface area contributed by atoms with Crippen LogP contribution < -0.4 is 5.19 Å². The van der Waals surface area contributed by atoms with Crippen molar-refractivity contribution in [3.05, 3.63) is 91.4 Å². The number of fused-ring (bicyclic) bond motifs is 4. The van der Waals surface area contributed by atoms with Crippen LogP contribution >= 0.6 is 31.9 Å². The predicted octanol–water partition coefficient (Wildman–Crippen LogP) is 9.10. The average Bonchev–Trinajstić information content (AvgIpc) is 3.20. The summed E-state index contributed by atoms with van der Waals surface area (Å²) in [5.41, 5.74) is 10.2. The maximum atomic E-state index is 3.75. The van der Waals surface area contributed by atoms with Gasteiger partial charge in [0.15, 0.2) is 0 Å². The van der Waals surface area contributed by atoms with Gasteiger partial charge in [-0.25, -0.2) is 0 Å². The SMILES string of the molecule is CC1=Cc2c(cccc2[Si](C)(C)C)C1C(C)(C)C1c2cc(Br)ccc2-c2ccc(Br)cc21. The molecule has 2 aliphatic carbocycles. The van der Waals surface area contributed by atoms with Gasteiger partial charge >= 0.3 is 0 Å². The van der Waals surface area contributed by atoms with E-state index in [9.17, 15) is 0 Å². The van der Waals surface area contributed by atoms with Crippen LogP contribution in [0.4, 0.5) is 0 Å². The summed E-state index contributed by atoms with van der Waals surface area (Å²) in [4.78, 5) is 0. The van der Waals surface area contributed by atoms with Crippen LogP contribution in [0.15, 0.2) is 69.1 Å². The van der Waals surface area contributed by atoms with Crippen LogP contribution in [-0.4, -0.2) is 8.07 Å². The molecule has 0 saturated heterocycles. The first kappa shape index (κ1) is 22.4. The second kappa shape index (κ2) is 7.55. The first-order valence-corrected chi connectivity index (χ1v) is 16.5. The van der Waals surface area contributed by atoms with E-state index in [1.165, 1.54) is 39.0 Å². The molecule has 32 heavy (non-hydrogen) atoms. The van der Waals surface area contributed by atoms with Crippen molar-refractivity contribution >= 4 is 51.2 Å². The largest absolute Gasteiger partial charge is 0.0783 e. The zero-order valence-electron chi connectivity index (χ0n) is 19.7. The third-order valence-electron chi connectivity index (χ3n) is 7.51. The van der Waals surface area contributed by atoms with Gasteiger partial charge in [0, 0.05) is 20.8 Å². The van der Waals surface area contributed by atoms with E-state index in [0.717, 1.165) is 8.95 Å². The second-order valence-corrected chi connectivity index (χ2v) is 18.0. The van der Waals surface area contributed by atoms with E-state index in [2.05, 4.69) is 133 Å². The first-order chi connectivity index (χ1) is 15.0. The second-order valence-electron chi connectivity index (χ2n) is 11.1. The van der Waals surface area contributed by atoms with E-state index < -0.39 is 8.07 Å². The fourth-order valence-corrected chi connectivity index (χ4v) is 8.74. The lowest BCUT2D eigenvalue weighted by atomic mass is 9.63. The molecule has 0 amide bonds. The molecule has 2 aliphatic rings. The Hall–Kier alpha value is -1.42.